The molecule has 1 aliphatic heterocycles. The number of hydrogen-bond donors (Lipinski definition) is 2. The molecule has 12 heteroatoms. The van der Waals surface area contributed by atoms with Crippen molar-refractivity contribution in [2.24, 2.45) is 0 Å². The number of carbonyl (C=O) groups excluding carboxylic acids is 1. The first-order chi connectivity index (χ1) is 20.2. The average molecular weight is 612 g/mol. The topological polar surface area (TPSA) is 86.3 Å². The van der Waals surface area contributed by atoms with Crippen molar-refractivity contribution in [2.75, 3.05) is 43.4 Å². The van der Waals surface area contributed by atoms with Gasteiger partial charge in [0.2, 0.25) is 0 Å². The monoisotopic (exact) mass is 611 g/mol. The molecule has 5 rings (SSSR count). The lowest BCUT2D eigenvalue weighted by atomic mass is 10.0. The largest absolute Gasteiger partial charge is 0.416 e. The van der Waals surface area contributed by atoms with Gasteiger partial charge in [0.05, 0.1) is 5.56 Å². The number of alkyl halides is 3. The zero-order valence-electron chi connectivity index (χ0n) is 23.9. The zero-order chi connectivity index (χ0) is 29.7. The van der Waals surface area contributed by atoms with Crippen LogP contribution in [-0.2, 0) is 12.7 Å². The van der Waals surface area contributed by atoms with Crippen LogP contribution in [0.1, 0.15) is 34.0 Å². The Morgan fingerprint density at radius 2 is 1.65 bits per heavy atom. The van der Waals surface area contributed by atoms with Gasteiger partial charge < -0.3 is 15.5 Å². The highest BCUT2D eigenvalue weighted by Crippen LogP contribution is 2.34. The average Bonchev–Trinajstić information content (AvgIpc) is 2.99. The van der Waals surface area contributed by atoms with E-state index in [1.165, 1.54) is 18.5 Å². The molecule has 2 aromatic carbocycles. The maximum atomic E-state index is 14.1. The molecule has 2 aromatic heterocycles. The number of hydrogen-bond acceptors (Lipinski definition) is 7. The quantitative estimate of drug-likeness (QED) is 0.238. The number of piperazine rings is 1. The van der Waals surface area contributed by atoms with E-state index in [1.54, 1.807) is 30.7 Å². The number of halogens is 4. The third kappa shape index (κ3) is 8.07. The molecular formula is C31H33ClF3N7O. The summed E-state index contributed by atoms with van der Waals surface area (Å²) in [5, 5.41) is 6.00. The van der Waals surface area contributed by atoms with Crippen LogP contribution in [0.25, 0.3) is 11.1 Å². The van der Waals surface area contributed by atoms with Crippen LogP contribution in [0.15, 0.2) is 73.4 Å². The minimum absolute atomic E-state index is 0. The van der Waals surface area contributed by atoms with Crippen molar-refractivity contribution in [3.8, 4) is 11.1 Å². The highest BCUT2D eigenvalue weighted by molar-refractivity contribution is 6.04. The third-order valence-corrected chi connectivity index (χ3v) is 7.40. The number of rotatable bonds is 8. The van der Waals surface area contributed by atoms with E-state index >= 15 is 0 Å². The Hall–Kier alpha value is -4.06. The van der Waals surface area contributed by atoms with Gasteiger partial charge in [-0.15, -0.1) is 12.4 Å². The fraction of sp³-hybridized carbons (Fsp3) is 0.290. The summed E-state index contributed by atoms with van der Waals surface area (Å²) in [6.07, 6.45) is 1.96. The van der Waals surface area contributed by atoms with E-state index in [4.69, 9.17) is 0 Å². The Morgan fingerprint density at radius 1 is 0.930 bits per heavy atom. The first kappa shape index (κ1) is 31.9. The second-order valence-corrected chi connectivity index (χ2v) is 10.2. The molecule has 0 saturated carbocycles. The second kappa shape index (κ2) is 13.9. The summed E-state index contributed by atoms with van der Waals surface area (Å²) in [4.78, 5) is 29.9. The molecule has 2 N–H and O–H groups in total. The molecule has 0 unspecified atom stereocenters. The van der Waals surface area contributed by atoms with E-state index in [1.807, 2.05) is 30.0 Å². The van der Waals surface area contributed by atoms with Gasteiger partial charge in [0.25, 0.3) is 5.91 Å². The van der Waals surface area contributed by atoms with Gasteiger partial charge in [-0.25, -0.2) is 15.0 Å². The van der Waals surface area contributed by atoms with Gasteiger partial charge in [-0.3, -0.25) is 9.69 Å². The van der Waals surface area contributed by atoms with E-state index in [9.17, 15) is 18.0 Å². The first-order valence-electron chi connectivity index (χ1n) is 13.7. The normalized spacial score (nSPS) is 14.2. The molecule has 3 heterocycles. The van der Waals surface area contributed by atoms with Gasteiger partial charge in [0.1, 0.15) is 12.1 Å². The van der Waals surface area contributed by atoms with Crippen molar-refractivity contribution in [3.05, 3.63) is 95.7 Å². The Kier molecular flexibility index (Phi) is 10.3. The summed E-state index contributed by atoms with van der Waals surface area (Å²) >= 11 is 0. The Labute approximate surface area is 254 Å². The van der Waals surface area contributed by atoms with Crippen LogP contribution >= 0.6 is 12.4 Å². The van der Waals surface area contributed by atoms with Crippen LogP contribution in [0.4, 0.5) is 30.4 Å². The van der Waals surface area contributed by atoms with Crippen molar-refractivity contribution < 1.29 is 18.0 Å². The maximum Gasteiger partial charge on any atom is 0.416 e. The van der Waals surface area contributed by atoms with Crippen molar-refractivity contribution >= 4 is 35.5 Å². The van der Waals surface area contributed by atoms with Gasteiger partial charge >= 0.3 is 6.18 Å². The van der Waals surface area contributed by atoms with E-state index in [0.29, 0.717) is 30.3 Å². The lowest BCUT2D eigenvalue weighted by molar-refractivity contribution is -0.138. The van der Waals surface area contributed by atoms with Gasteiger partial charge in [-0.2, -0.15) is 13.2 Å². The Bertz CT molecular complexity index is 1540. The van der Waals surface area contributed by atoms with Crippen molar-refractivity contribution in [3.63, 3.8) is 0 Å². The number of aryl methyl sites for hydroxylation is 1. The number of pyridine rings is 1. The fourth-order valence-electron chi connectivity index (χ4n) is 4.93. The molecule has 1 amide bonds. The molecule has 0 aliphatic carbocycles. The molecule has 0 atom stereocenters. The molecule has 0 bridgehead atoms. The van der Waals surface area contributed by atoms with E-state index in [2.05, 4.69) is 37.4 Å². The van der Waals surface area contributed by atoms with E-state index in [0.717, 1.165) is 42.4 Å². The molecule has 1 fully saturated rings. The summed E-state index contributed by atoms with van der Waals surface area (Å²) in [5.74, 6) is -0.0490. The molecular weight excluding hydrogens is 579 g/mol. The summed E-state index contributed by atoms with van der Waals surface area (Å²) in [6, 6.07) is 12.8. The van der Waals surface area contributed by atoms with Crippen LogP contribution in [0.2, 0.25) is 0 Å². The Morgan fingerprint density at radius 3 is 2.35 bits per heavy atom. The van der Waals surface area contributed by atoms with E-state index in [-0.39, 0.29) is 30.1 Å². The number of benzene rings is 2. The molecule has 4 aromatic rings. The number of carbonyl (C=O) groups is 1. The van der Waals surface area contributed by atoms with Crippen LogP contribution in [0.3, 0.4) is 0 Å². The SMILES string of the molecule is CCN1CCN(Cc2ccc(C(=O)Nc3ccc(C)c(Nc4cc(-c5cncnc5)ccn4)c3)cc2C(F)(F)F)CC1.Cl. The summed E-state index contributed by atoms with van der Waals surface area (Å²) in [5.41, 5.74) is 3.06. The van der Waals surface area contributed by atoms with Crippen LogP contribution in [0.5, 0.6) is 0 Å². The smallest absolute Gasteiger partial charge is 0.340 e. The van der Waals surface area contributed by atoms with Crippen molar-refractivity contribution in [1.29, 1.82) is 0 Å². The fourth-order valence-corrected chi connectivity index (χ4v) is 4.93. The minimum atomic E-state index is -4.58. The highest BCUT2D eigenvalue weighted by Gasteiger charge is 2.34. The zero-order valence-corrected chi connectivity index (χ0v) is 24.7. The lowest BCUT2D eigenvalue weighted by Crippen LogP contribution is -2.45. The molecule has 1 aliphatic rings. The maximum absolute atomic E-state index is 14.1. The third-order valence-electron chi connectivity index (χ3n) is 7.40. The lowest BCUT2D eigenvalue weighted by Gasteiger charge is -2.34. The molecule has 1 saturated heterocycles. The summed E-state index contributed by atoms with van der Waals surface area (Å²) < 4.78 is 42.2. The van der Waals surface area contributed by atoms with Gasteiger partial charge in [-0.05, 0) is 66.6 Å². The number of amides is 1. The van der Waals surface area contributed by atoms with Crippen LogP contribution in [0, 0.1) is 6.92 Å². The number of likely N-dealkylation sites (N-methyl/N-ethyl adjacent to an activating group) is 1. The predicted molar refractivity (Wildman–Crippen MR) is 164 cm³/mol. The van der Waals surface area contributed by atoms with Gasteiger partial charge in [0.15, 0.2) is 0 Å². The standard InChI is InChI=1S/C31H32F3N7O.ClH/c1-3-40-10-12-41(13-11-40)19-24-6-5-23(14-27(24)31(32,33)34)30(42)38-26-7-4-21(2)28(16-26)39-29-15-22(8-9-37-29)25-17-35-20-36-18-25;/h4-9,14-18,20H,3,10-13,19H2,1-2H3,(H,37,39)(H,38,42);1H. The summed E-state index contributed by atoms with van der Waals surface area (Å²) in [7, 11) is 0. The second-order valence-electron chi connectivity index (χ2n) is 10.2. The minimum Gasteiger partial charge on any atom is -0.340 e. The molecule has 8 nitrogen and oxygen atoms in total. The molecule has 0 radical (unpaired) electrons. The van der Waals surface area contributed by atoms with Crippen LogP contribution < -0.4 is 10.6 Å². The molecule has 43 heavy (non-hydrogen) atoms. The van der Waals surface area contributed by atoms with Gasteiger partial charge in [-0.1, -0.05) is 19.1 Å². The predicted octanol–water partition coefficient (Wildman–Crippen LogP) is 6.42. The van der Waals surface area contributed by atoms with Crippen molar-refractivity contribution in [1.82, 2.24) is 24.8 Å². The number of nitrogens with one attached hydrogen (secondary N) is 2. The van der Waals surface area contributed by atoms with Gasteiger partial charge in [0, 0.05) is 73.8 Å². The Balaban J connectivity index is 0.00000423. The van der Waals surface area contributed by atoms with Crippen LogP contribution in [-0.4, -0.2) is 63.4 Å². The van der Waals surface area contributed by atoms with Crippen molar-refractivity contribution in [2.45, 2.75) is 26.6 Å². The molecule has 0 spiro atoms. The summed E-state index contributed by atoms with van der Waals surface area (Å²) in [6.45, 7) is 8.17. The first-order valence-corrected chi connectivity index (χ1v) is 13.7. The van der Waals surface area contributed by atoms with E-state index < -0.39 is 17.6 Å². The highest BCUT2D eigenvalue weighted by atomic mass is 35.5. The number of anilines is 3. The molecule has 226 valence electrons. The number of nitrogens with zero attached hydrogens (tertiary/aromatic N) is 5. The number of aromatic nitrogens is 3.